The molecule has 1 aliphatic heterocycles. The fourth-order valence-corrected chi connectivity index (χ4v) is 2.55. The molecule has 3 nitrogen and oxygen atoms in total. The lowest BCUT2D eigenvalue weighted by Gasteiger charge is -2.18. The Morgan fingerprint density at radius 1 is 1.62 bits per heavy atom. The zero-order valence-corrected chi connectivity index (χ0v) is 11.3. The van der Waals surface area contributed by atoms with Crippen LogP contribution in [0.4, 0.5) is 5.69 Å². The highest BCUT2D eigenvalue weighted by Gasteiger charge is 2.30. The molecule has 1 aliphatic rings. The van der Waals surface area contributed by atoms with Crippen LogP contribution in [0.3, 0.4) is 0 Å². The monoisotopic (exact) mass is 302 g/mol. The van der Waals surface area contributed by atoms with Gasteiger partial charge in [-0.25, -0.2) is 4.98 Å². The van der Waals surface area contributed by atoms with Crippen LogP contribution in [0, 0.1) is 12.8 Å². The Labute approximate surface area is 108 Å². The van der Waals surface area contributed by atoms with Gasteiger partial charge in [0.1, 0.15) is 5.15 Å². The minimum atomic E-state index is 0.164. The minimum absolute atomic E-state index is 0.164. The van der Waals surface area contributed by atoms with Crippen molar-refractivity contribution in [1.29, 1.82) is 0 Å². The fourth-order valence-electron chi connectivity index (χ4n) is 1.93. The smallest absolute Gasteiger partial charge is 0.227 e. The summed E-state index contributed by atoms with van der Waals surface area (Å²) in [5.74, 6) is 0.555. The van der Waals surface area contributed by atoms with Crippen molar-refractivity contribution < 1.29 is 4.79 Å². The third kappa shape index (κ3) is 2.23. The van der Waals surface area contributed by atoms with E-state index in [1.165, 1.54) is 0 Å². The predicted molar refractivity (Wildman–Crippen MR) is 68.2 cm³/mol. The second-order valence-electron chi connectivity index (χ2n) is 3.97. The van der Waals surface area contributed by atoms with E-state index in [0.29, 0.717) is 17.5 Å². The van der Waals surface area contributed by atoms with Crippen LogP contribution in [0.25, 0.3) is 0 Å². The average Bonchev–Trinajstić information content (AvgIpc) is 2.60. The van der Waals surface area contributed by atoms with Crippen molar-refractivity contribution in [2.45, 2.75) is 13.3 Å². The Bertz CT molecular complexity index is 424. The highest BCUT2D eigenvalue weighted by atomic mass is 79.9. The van der Waals surface area contributed by atoms with E-state index in [2.05, 4.69) is 20.9 Å². The first-order valence-corrected chi connectivity index (χ1v) is 6.61. The molecular weight excluding hydrogens is 291 g/mol. The van der Waals surface area contributed by atoms with Gasteiger partial charge >= 0.3 is 0 Å². The number of aryl methyl sites for hydroxylation is 1. The summed E-state index contributed by atoms with van der Waals surface area (Å²) in [5, 5.41) is 1.32. The molecule has 1 fully saturated rings. The van der Waals surface area contributed by atoms with Gasteiger partial charge in [0.15, 0.2) is 0 Å². The number of hydrogen-bond acceptors (Lipinski definition) is 2. The second kappa shape index (κ2) is 4.72. The maximum Gasteiger partial charge on any atom is 0.227 e. The summed E-state index contributed by atoms with van der Waals surface area (Å²) in [6, 6.07) is 3.58. The van der Waals surface area contributed by atoms with Crippen LogP contribution in [0.1, 0.15) is 12.1 Å². The van der Waals surface area contributed by atoms with E-state index in [4.69, 9.17) is 11.6 Å². The summed E-state index contributed by atoms with van der Waals surface area (Å²) >= 11 is 9.21. The molecule has 1 atom stereocenters. The lowest BCUT2D eigenvalue weighted by Crippen LogP contribution is -2.25. The SMILES string of the molecule is Cc1nc(Cl)ccc1N1CC(CBr)CC1=O. The van der Waals surface area contributed by atoms with Gasteiger partial charge in [0.25, 0.3) is 0 Å². The Morgan fingerprint density at radius 3 is 2.94 bits per heavy atom. The molecule has 0 aromatic carbocycles. The molecule has 1 saturated heterocycles. The van der Waals surface area contributed by atoms with E-state index >= 15 is 0 Å². The second-order valence-corrected chi connectivity index (χ2v) is 5.00. The molecule has 0 N–H and O–H groups in total. The van der Waals surface area contributed by atoms with E-state index < -0.39 is 0 Å². The van der Waals surface area contributed by atoms with Gasteiger partial charge in [-0.2, -0.15) is 0 Å². The van der Waals surface area contributed by atoms with Crippen molar-refractivity contribution in [3.63, 3.8) is 0 Å². The van der Waals surface area contributed by atoms with Crippen LogP contribution >= 0.6 is 27.5 Å². The predicted octanol–water partition coefficient (Wildman–Crippen LogP) is 2.79. The third-order valence-electron chi connectivity index (χ3n) is 2.74. The molecule has 1 aromatic heterocycles. The summed E-state index contributed by atoms with van der Waals surface area (Å²) in [7, 11) is 0. The number of rotatable bonds is 2. The number of anilines is 1. The van der Waals surface area contributed by atoms with Gasteiger partial charge in [-0.05, 0) is 25.0 Å². The van der Waals surface area contributed by atoms with E-state index in [0.717, 1.165) is 23.3 Å². The van der Waals surface area contributed by atoms with Gasteiger partial charge in [-0.1, -0.05) is 27.5 Å². The highest BCUT2D eigenvalue weighted by Crippen LogP contribution is 2.28. The molecule has 0 bridgehead atoms. The first kappa shape index (κ1) is 11.9. The number of amides is 1. The summed E-state index contributed by atoms with van der Waals surface area (Å²) in [6.07, 6.45) is 0.604. The number of nitrogens with zero attached hydrogens (tertiary/aromatic N) is 2. The van der Waals surface area contributed by atoms with Gasteiger partial charge in [-0.15, -0.1) is 0 Å². The molecule has 16 heavy (non-hydrogen) atoms. The highest BCUT2D eigenvalue weighted by molar-refractivity contribution is 9.09. The number of pyridine rings is 1. The Balaban J connectivity index is 2.28. The van der Waals surface area contributed by atoms with Gasteiger partial charge < -0.3 is 4.90 Å². The van der Waals surface area contributed by atoms with Gasteiger partial charge in [-0.3, -0.25) is 4.79 Å². The maximum atomic E-state index is 11.8. The molecule has 0 aliphatic carbocycles. The molecular formula is C11H12BrClN2O. The van der Waals surface area contributed by atoms with Crippen molar-refractivity contribution in [1.82, 2.24) is 4.98 Å². The number of carbonyl (C=O) groups is 1. The molecule has 0 saturated carbocycles. The number of aromatic nitrogens is 1. The molecule has 1 aromatic rings. The third-order valence-corrected chi connectivity index (χ3v) is 3.86. The molecule has 0 radical (unpaired) electrons. The zero-order valence-electron chi connectivity index (χ0n) is 8.91. The number of hydrogen-bond donors (Lipinski definition) is 0. The Morgan fingerprint density at radius 2 is 2.38 bits per heavy atom. The van der Waals surface area contributed by atoms with Crippen molar-refractivity contribution in [2.24, 2.45) is 5.92 Å². The van der Waals surface area contributed by atoms with Crippen LogP contribution in [0.15, 0.2) is 12.1 Å². The molecule has 5 heteroatoms. The fraction of sp³-hybridized carbons (Fsp3) is 0.455. The average molecular weight is 304 g/mol. The molecule has 1 unspecified atom stereocenters. The Hall–Kier alpha value is -0.610. The van der Waals surface area contributed by atoms with Crippen LogP contribution in [0.2, 0.25) is 5.15 Å². The quantitative estimate of drug-likeness (QED) is 0.622. The number of carbonyl (C=O) groups excluding carboxylic acids is 1. The topological polar surface area (TPSA) is 33.2 Å². The molecule has 1 amide bonds. The first-order chi connectivity index (χ1) is 7.61. The molecule has 86 valence electrons. The first-order valence-electron chi connectivity index (χ1n) is 5.11. The maximum absolute atomic E-state index is 11.8. The van der Waals surface area contributed by atoms with Crippen molar-refractivity contribution in [2.75, 3.05) is 16.8 Å². The molecule has 2 rings (SSSR count). The van der Waals surface area contributed by atoms with Crippen LogP contribution in [-0.4, -0.2) is 22.8 Å². The van der Waals surface area contributed by atoms with Crippen molar-refractivity contribution in [3.05, 3.63) is 23.0 Å². The van der Waals surface area contributed by atoms with E-state index in [-0.39, 0.29) is 5.91 Å². The summed E-state index contributed by atoms with van der Waals surface area (Å²) in [4.78, 5) is 17.8. The lowest BCUT2D eigenvalue weighted by atomic mass is 10.2. The van der Waals surface area contributed by atoms with Crippen LogP contribution in [-0.2, 0) is 4.79 Å². The standard InChI is InChI=1S/C11H12BrClN2O/c1-7-9(2-3-10(13)14-7)15-6-8(5-12)4-11(15)16/h2-3,8H,4-6H2,1H3. The van der Waals surface area contributed by atoms with Gasteiger partial charge in [0.05, 0.1) is 11.4 Å². The summed E-state index contributed by atoms with van der Waals surface area (Å²) in [6.45, 7) is 2.63. The zero-order chi connectivity index (χ0) is 11.7. The van der Waals surface area contributed by atoms with Crippen molar-refractivity contribution >= 4 is 39.1 Å². The van der Waals surface area contributed by atoms with Crippen molar-refractivity contribution in [3.8, 4) is 0 Å². The summed E-state index contributed by atoms with van der Waals surface area (Å²) in [5.41, 5.74) is 1.67. The molecule has 0 spiro atoms. The lowest BCUT2D eigenvalue weighted by molar-refractivity contribution is -0.117. The van der Waals surface area contributed by atoms with Gasteiger partial charge in [0, 0.05) is 18.3 Å². The number of alkyl halides is 1. The summed E-state index contributed by atoms with van der Waals surface area (Å²) < 4.78 is 0. The Kier molecular flexibility index (Phi) is 3.50. The minimum Gasteiger partial charge on any atom is -0.310 e. The molecule has 2 heterocycles. The van der Waals surface area contributed by atoms with E-state index in [1.54, 1.807) is 11.0 Å². The van der Waals surface area contributed by atoms with E-state index in [9.17, 15) is 4.79 Å². The normalized spacial score (nSPS) is 20.6. The largest absolute Gasteiger partial charge is 0.310 e. The van der Waals surface area contributed by atoms with Crippen LogP contribution in [0.5, 0.6) is 0 Å². The number of halogens is 2. The van der Waals surface area contributed by atoms with Gasteiger partial charge in [0.2, 0.25) is 5.91 Å². The van der Waals surface area contributed by atoms with E-state index in [1.807, 2.05) is 13.0 Å². The van der Waals surface area contributed by atoms with Crippen LogP contribution < -0.4 is 4.90 Å².